The number of ether oxygens (including phenoxy) is 1. The molecule has 0 saturated carbocycles. The predicted molar refractivity (Wildman–Crippen MR) is 177 cm³/mol. The molecule has 1 radical (unpaired) electrons. The van der Waals surface area contributed by atoms with Crippen molar-refractivity contribution in [3.8, 4) is 0 Å². The summed E-state index contributed by atoms with van der Waals surface area (Å²) < 4.78 is 4.94. The van der Waals surface area contributed by atoms with E-state index in [2.05, 4.69) is 53.7 Å². The first-order valence-electron chi connectivity index (χ1n) is 16.8. The van der Waals surface area contributed by atoms with E-state index in [1.165, 1.54) is 38.5 Å². The van der Waals surface area contributed by atoms with E-state index in [9.17, 15) is 20.4 Å². The van der Waals surface area contributed by atoms with Crippen LogP contribution < -0.4 is 0 Å². The minimum absolute atomic E-state index is 0. The van der Waals surface area contributed by atoms with Crippen molar-refractivity contribution in [1.82, 2.24) is 0 Å². The molecule has 4 atom stereocenters. The Morgan fingerprint density at radius 2 is 0.683 bits per heavy atom. The molecule has 0 aromatic carbocycles. The van der Waals surface area contributed by atoms with Crippen LogP contribution in [0.4, 0.5) is 0 Å². The van der Waals surface area contributed by atoms with Gasteiger partial charge in [-0.15, -0.1) is 0 Å². The summed E-state index contributed by atoms with van der Waals surface area (Å²) in [4.78, 5) is 0. The molecule has 0 aromatic heterocycles. The smallest absolute Gasteiger partial charge is 0.0799 e. The molecule has 0 saturated heterocycles. The summed E-state index contributed by atoms with van der Waals surface area (Å²) in [6, 6.07) is 0. The second-order valence-corrected chi connectivity index (χ2v) is 11.9. The van der Waals surface area contributed by atoms with Crippen LogP contribution >= 0.6 is 0 Å². The van der Waals surface area contributed by atoms with E-state index in [4.69, 9.17) is 4.74 Å². The van der Waals surface area contributed by atoms with Crippen LogP contribution in [-0.2, 0) is 23.3 Å². The van der Waals surface area contributed by atoms with Gasteiger partial charge in [-0.2, -0.15) is 0 Å². The van der Waals surface area contributed by atoms with Crippen molar-refractivity contribution in [1.29, 1.82) is 0 Å². The molecular formula is C35H76O5V. The zero-order valence-corrected chi connectivity index (χ0v) is 30.7. The molecule has 0 spiro atoms. The van der Waals surface area contributed by atoms with Gasteiger partial charge in [0.15, 0.2) is 0 Å². The molecule has 0 bridgehead atoms. The van der Waals surface area contributed by atoms with E-state index in [0.717, 1.165) is 77.0 Å². The molecule has 0 aromatic rings. The van der Waals surface area contributed by atoms with Crippen LogP contribution in [0.2, 0.25) is 0 Å². The number of methoxy groups -OCH3 is 1. The Bertz CT molecular complexity index is 410. The molecule has 0 unspecified atom stereocenters. The molecule has 6 heteroatoms. The molecule has 41 heavy (non-hydrogen) atoms. The van der Waals surface area contributed by atoms with Crippen molar-refractivity contribution < 1.29 is 43.7 Å². The maximum absolute atomic E-state index is 9.43. The van der Waals surface area contributed by atoms with Gasteiger partial charge in [0.2, 0.25) is 0 Å². The third-order valence-electron chi connectivity index (χ3n) is 6.53. The second kappa shape index (κ2) is 40.1. The number of hydrogen-bond donors (Lipinski definition) is 4. The first-order chi connectivity index (χ1) is 18.9. The Kier molecular flexibility index (Phi) is 49.7. The molecule has 251 valence electrons. The molecule has 0 fully saturated rings. The first kappa shape index (κ1) is 50.7. The molecule has 0 aliphatic rings. The molecule has 4 N–H and O–H groups in total. The van der Waals surface area contributed by atoms with Gasteiger partial charge in [0, 0.05) is 25.7 Å². The Hall–Kier alpha value is 0.124. The Morgan fingerprint density at radius 3 is 0.829 bits per heavy atom. The van der Waals surface area contributed by atoms with Crippen molar-refractivity contribution in [3.63, 3.8) is 0 Å². The summed E-state index contributed by atoms with van der Waals surface area (Å²) in [6.45, 7) is 18.9. The van der Waals surface area contributed by atoms with Gasteiger partial charge in [-0.3, -0.25) is 0 Å². The Morgan fingerprint density at radius 1 is 0.488 bits per heavy atom. The summed E-state index contributed by atoms with van der Waals surface area (Å²) in [5.41, 5.74) is 0.0417. The van der Waals surface area contributed by atoms with Crippen molar-refractivity contribution in [3.05, 3.63) is 12.2 Å². The minimum atomic E-state index is -0.503. The van der Waals surface area contributed by atoms with Gasteiger partial charge < -0.3 is 25.2 Å². The fourth-order valence-corrected chi connectivity index (χ4v) is 3.30. The largest absolute Gasteiger partial charge is 0.390 e. The molecule has 0 aliphatic heterocycles. The summed E-state index contributed by atoms with van der Waals surface area (Å²) in [5.74, 6) is 0. The maximum atomic E-state index is 9.43. The van der Waals surface area contributed by atoms with Crippen molar-refractivity contribution in [2.45, 2.75) is 208 Å². The van der Waals surface area contributed by atoms with Crippen LogP contribution in [0.3, 0.4) is 0 Å². The van der Waals surface area contributed by atoms with Gasteiger partial charge in [0.05, 0.1) is 30.0 Å². The third kappa shape index (κ3) is 50.1. The minimum Gasteiger partial charge on any atom is -0.390 e. The van der Waals surface area contributed by atoms with Crippen LogP contribution in [0.5, 0.6) is 0 Å². The Labute approximate surface area is 270 Å². The third-order valence-corrected chi connectivity index (χ3v) is 6.53. The van der Waals surface area contributed by atoms with E-state index in [1.54, 1.807) is 7.11 Å². The number of unbranched alkanes of at least 4 members (excludes halogenated alkanes) is 8. The van der Waals surface area contributed by atoms with Crippen LogP contribution in [0, 0.1) is 0 Å². The van der Waals surface area contributed by atoms with Gasteiger partial charge in [-0.1, -0.05) is 131 Å². The zero-order valence-electron chi connectivity index (χ0n) is 29.3. The number of aliphatic hydroxyl groups is 4. The molecule has 0 rings (SSSR count). The maximum Gasteiger partial charge on any atom is 0.0799 e. The number of aliphatic hydroxyl groups excluding tert-OH is 4. The van der Waals surface area contributed by atoms with Gasteiger partial charge in [0.25, 0.3) is 0 Å². The summed E-state index contributed by atoms with van der Waals surface area (Å²) in [7, 11) is 1.71. The molecular weight excluding hydrogens is 551 g/mol. The summed E-state index contributed by atoms with van der Waals surface area (Å²) in [5, 5.41) is 37.7. The standard InChI is InChI=1S/2C10H22O2.C10H20.C5H12O.V/c2*1-3-5-7-9(11)10(12)8-6-4-2;1-3-5-7-9-10-8-6-4-2;1-5(2,3)6-4;/h2*9-12H,3-8H2,1-2H3;9-10H,3-8H2,1-2H3;1-4H3;/b;;10-9+;;/t2*9-,10-;;;/m11.../s1. The first-order valence-corrected chi connectivity index (χ1v) is 16.8. The van der Waals surface area contributed by atoms with Crippen molar-refractivity contribution >= 4 is 0 Å². The number of rotatable bonds is 20. The fourth-order valence-electron chi connectivity index (χ4n) is 3.30. The number of allylic oxidation sites excluding steroid dienone is 2. The van der Waals surface area contributed by atoms with E-state index in [-0.39, 0.29) is 24.2 Å². The second-order valence-electron chi connectivity index (χ2n) is 11.9. The van der Waals surface area contributed by atoms with Crippen LogP contribution in [0.15, 0.2) is 12.2 Å². The SMILES string of the molecule is CCCC/C=C/CCCC.CCCC[C@@H](O)[C@H](O)CCCC.CCCC[C@@H](O)[C@H](O)CCCC.COC(C)(C)C.[V]. The summed E-state index contributed by atoms with van der Waals surface area (Å²) >= 11 is 0. The van der Waals surface area contributed by atoms with E-state index in [1.807, 2.05) is 20.8 Å². The van der Waals surface area contributed by atoms with Crippen LogP contribution in [-0.4, -0.2) is 57.6 Å². The topological polar surface area (TPSA) is 90.2 Å². The van der Waals surface area contributed by atoms with Crippen molar-refractivity contribution in [2.75, 3.05) is 7.11 Å². The fraction of sp³-hybridized carbons (Fsp3) is 0.943. The quantitative estimate of drug-likeness (QED) is 0.0797. The predicted octanol–water partition coefficient (Wildman–Crippen LogP) is 9.53. The summed E-state index contributed by atoms with van der Waals surface area (Å²) in [6.07, 6.45) is 21.8. The molecule has 5 nitrogen and oxygen atoms in total. The number of hydrogen-bond acceptors (Lipinski definition) is 5. The average Bonchev–Trinajstić information content (AvgIpc) is 2.94. The van der Waals surface area contributed by atoms with Gasteiger partial charge in [-0.05, 0) is 59.3 Å². The molecule has 0 amide bonds. The van der Waals surface area contributed by atoms with E-state index >= 15 is 0 Å². The average molecular weight is 628 g/mol. The van der Waals surface area contributed by atoms with Gasteiger partial charge in [-0.25, -0.2) is 0 Å². The van der Waals surface area contributed by atoms with Gasteiger partial charge in [0.1, 0.15) is 0 Å². The van der Waals surface area contributed by atoms with E-state index in [0.29, 0.717) is 0 Å². The molecule has 0 heterocycles. The van der Waals surface area contributed by atoms with Crippen LogP contribution in [0.1, 0.15) is 178 Å². The normalized spacial score (nSPS) is 13.8. The Balaban J connectivity index is -0.000000143. The van der Waals surface area contributed by atoms with Gasteiger partial charge >= 0.3 is 0 Å². The van der Waals surface area contributed by atoms with Crippen LogP contribution in [0.25, 0.3) is 0 Å². The zero-order chi connectivity index (χ0) is 31.7. The van der Waals surface area contributed by atoms with Crippen molar-refractivity contribution in [2.24, 2.45) is 0 Å². The monoisotopic (exact) mass is 628 g/mol. The van der Waals surface area contributed by atoms with E-state index < -0.39 is 24.4 Å². The molecule has 0 aliphatic carbocycles.